The third-order valence-electron chi connectivity index (χ3n) is 3.14. The Balaban J connectivity index is 2.26. The number of pyridine rings is 2. The number of aliphatic hydroxyl groups excluding tert-OH is 1. The summed E-state index contributed by atoms with van der Waals surface area (Å²) in [6, 6.07) is 3.69. The summed E-state index contributed by atoms with van der Waals surface area (Å²) >= 11 is 0. The first-order valence-electron chi connectivity index (χ1n) is 6.94. The number of rotatable bonds is 6. The van der Waals surface area contributed by atoms with Gasteiger partial charge < -0.3 is 9.84 Å². The van der Waals surface area contributed by atoms with Gasteiger partial charge in [0.2, 0.25) is 0 Å². The number of nitrogens with zero attached hydrogens (tertiary/aromatic N) is 2. The highest BCUT2D eigenvalue weighted by Gasteiger charge is 2.15. The standard InChI is InChI=1S/C16H20N2O2/c1-3-7-20-14-8-13(10-18-11-14)16(19)15-5-6-17-9-12(15)4-2/h5-6,8-11,16,19H,3-4,7H2,1-2H3. The Hall–Kier alpha value is -1.94. The van der Waals surface area contributed by atoms with Crippen LogP contribution in [0.2, 0.25) is 0 Å². The Bertz CT molecular complexity index is 558. The fourth-order valence-corrected chi connectivity index (χ4v) is 2.06. The number of aryl methyl sites for hydroxylation is 1. The van der Waals surface area contributed by atoms with Crippen LogP contribution in [0.1, 0.15) is 43.1 Å². The van der Waals surface area contributed by atoms with Gasteiger partial charge in [0.05, 0.1) is 12.8 Å². The molecule has 0 saturated carbocycles. The van der Waals surface area contributed by atoms with Crippen LogP contribution in [0.15, 0.2) is 36.9 Å². The van der Waals surface area contributed by atoms with Crippen LogP contribution in [0.5, 0.6) is 5.75 Å². The Labute approximate surface area is 119 Å². The van der Waals surface area contributed by atoms with Crippen molar-refractivity contribution in [2.45, 2.75) is 32.8 Å². The van der Waals surface area contributed by atoms with Gasteiger partial charge in [-0.2, -0.15) is 0 Å². The van der Waals surface area contributed by atoms with Crippen molar-refractivity contribution in [2.75, 3.05) is 6.61 Å². The quantitative estimate of drug-likeness (QED) is 0.878. The highest BCUT2D eigenvalue weighted by molar-refractivity contribution is 5.35. The van der Waals surface area contributed by atoms with Gasteiger partial charge in [-0.3, -0.25) is 9.97 Å². The van der Waals surface area contributed by atoms with E-state index in [-0.39, 0.29) is 0 Å². The molecule has 0 aliphatic heterocycles. The summed E-state index contributed by atoms with van der Waals surface area (Å²) in [5.41, 5.74) is 2.65. The van der Waals surface area contributed by atoms with E-state index >= 15 is 0 Å². The van der Waals surface area contributed by atoms with E-state index < -0.39 is 6.10 Å². The number of hydrogen-bond donors (Lipinski definition) is 1. The minimum absolute atomic E-state index is 0.649. The SMILES string of the molecule is CCCOc1cncc(C(O)c2ccncc2CC)c1. The van der Waals surface area contributed by atoms with Gasteiger partial charge in [0.15, 0.2) is 0 Å². The summed E-state index contributed by atoms with van der Waals surface area (Å²) in [5, 5.41) is 10.5. The van der Waals surface area contributed by atoms with Crippen LogP contribution in [-0.4, -0.2) is 21.7 Å². The second-order valence-corrected chi connectivity index (χ2v) is 4.63. The number of hydrogen-bond acceptors (Lipinski definition) is 4. The van der Waals surface area contributed by atoms with E-state index in [1.165, 1.54) is 0 Å². The summed E-state index contributed by atoms with van der Waals surface area (Å²) in [5.74, 6) is 0.690. The van der Waals surface area contributed by atoms with Gasteiger partial charge in [-0.05, 0) is 36.1 Å². The van der Waals surface area contributed by atoms with Crippen LogP contribution < -0.4 is 4.74 Å². The Morgan fingerprint density at radius 2 is 2.05 bits per heavy atom. The molecule has 20 heavy (non-hydrogen) atoms. The lowest BCUT2D eigenvalue weighted by Crippen LogP contribution is -2.05. The molecule has 4 heteroatoms. The predicted octanol–water partition coefficient (Wildman–Crippen LogP) is 2.91. The summed E-state index contributed by atoms with van der Waals surface area (Å²) in [4.78, 5) is 8.24. The van der Waals surface area contributed by atoms with Crippen molar-refractivity contribution in [1.82, 2.24) is 9.97 Å². The Kier molecular flexibility index (Phi) is 5.07. The normalized spacial score (nSPS) is 12.2. The molecule has 2 heterocycles. The molecule has 0 bridgehead atoms. The fourth-order valence-electron chi connectivity index (χ4n) is 2.06. The second kappa shape index (κ2) is 7.01. The molecule has 1 unspecified atom stereocenters. The maximum Gasteiger partial charge on any atom is 0.137 e. The average molecular weight is 272 g/mol. The third-order valence-corrected chi connectivity index (χ3v) is 3.14. The molecule has 0 saturated heterocycles. The first-order valence-corrected chi connectivity index (χ1v) is 6.94. The lowest BCUT2D eigenvalue weighted by atomic mass is 9.98. The van der Waals surface area contributed by atoms with Crippen LogP contribution in [0.25, 0.3) is 0 Å². The molecule has 0 aromatic carbocycles. The molecule has 0 amide bonds. The van der Waals surface area contributed by atoms with Crippen molar-refractivity contribution in [3.63, 3.8) is 0 Å². The smallest absolute Gasteiger partial charge is 0.137 e. The molecule has 0 spiro atoms. The zero-order valence-electron chi connectivity index (χ0n) is 11.9. The van der Waals surface area contributed by atoms with E-state index in [0.29, 0.717) is 12.4 Å². The van der Waals surface area contributed by atoms with Crippen molar-refractivity contribution in [1.29, 1.82) is 0 Å². The minimum atomic E-state index is -0.703. The lowest BCUT2D eigenvalue weighted by Gasteiger charge is -2.15. The zero-order valence-corrected chi connectivity index (χ0v) is 11.9. The average Bonchev–Trinajstić information content (AvgIpc) is 2.52. The van der Waals surface area contributed by atoms with Crippen LogP contribution >= 0.6 is 0 Å². The molecule has 2 aromatic heterocycles. The first kappa shape index (κ1) is 14.5. The number of ether oxygens (including phenoxy) is 1. The van der Waals surface area contributed by atoms with Crippen LogP contribution in [0.3, 0.4) is 0 Å². The topological polar surface area (TPSA) is 55.2 Å². The zero-order chi connectivity index (χ0) is 14.4. The maximum atomic E-state index is 10.5. The van der Waals surface area contributed by atoms with Gasteiger partial charge in [0.1, 0.15) is 11.9 Å². The van der Waals surface area contributed by atoms with Gasteiger partial charge in [-0.25, -0.2) is 0 Å². The molecule has 0 radical (unpaired) electrons. The minimum Gasteiger partial charge on any atom is -0.492 e. The molecule has 2 rings (SSSR count). The summed E-state index contributed by atoms with van der Waals surface area (Å²) in [6.07, 6.45) is 7.90. The Morgan fingerprint density at radius 3 is 2.80 bits per heavy atom. The molecule has 106 valence electrons. The van der Waals surface area contributed by atoms with Crippen molar-refractivity contribution in [2.24, 2.45) is 0 Å². The van der Waals surface area contributed by atoms with E-state index in [1.807, 2.05) is 19.1 Å². The number of aromatic nitrogens is 2. The molecule has 1 atom stereocenters. The van der Waals surface area contributed by atoms with E-state index in [9.17, 15) is 5.11 Å². The van der Waals surface area contributed by atoms with Crippen LogP contribution in [0, 0.1) is 0 Å². The highest BCUT2D eigenvalue weighted by Crippen LogP contribution is 2.26. The van der Waals surface area contributed by atoms with Crippen molar-refractivity contribution >= 4 is 0 Å². The van der Waals surface area contributed by atoms with Gasteiger partial charge >= 0.3 is 0 Å². The van der Waals surface area contributed by atoms with Gasteiger partial charge in [0.25, 0.3) is 0 Å². The Morgan fingerprint density at radius 1 is 1.20 bits per heavy atom. The van der Waals surface area contributed by atoms with Crippen molar-refractivity contribution in [3.05, 3.63) is 53.6 Å². The molecule has 0 aliphatic carbocycles. The molecule has 0 aliphatic rings. The molecule has 1 N–H and O–H groups in total. The van der Waals surface area contributed by atoms with E-state index in [4.69, 9.17) is 4.74 Å². The summed E-state index contributed by atoms with van der Waals surface area (Å²) in [6.45, 7) is 4.75. The second-order valence-electron chi connectivity index (χ2n) is 4.63. The van der Waals surface area contributed by atoms with Crippen LogP contribution in [-0.2, 0) is 6.42 Å². The largest absolute Gasteiger partial charge is 0.492 e. The van der Waals surface area contributed by atoms with Gasteiger partial charge in [-0.1, -0.05) is 13.8 Å². The van der Waals surface area contributed by atoms with Gasteiger partial charge in [-0.15, -0.1) is 0 Å². The third kappa shape index (κ3) is 3.33. The van der Waals surface area contributed by atoms with Gasteiger partial charge in [0, 0.05) is 24.2 Å². The van der Waals surface area contributed by atoms with E-state index in [1.54, 1.807) is 24.8 Å². The van der Waals surface area contributed by atoms with Crippen molar-refractivity contribution in [3.8, 4) is 5.75 Å². The monoisotopic (exact) mass is 272 g/mol. The highest BCUT2D eigenvalue weighted by atomic mass is 16.5. The summed E-state index contributed by atoms with van der Waals surface area (Å²) in [7, 11) is 0. The fraction of sp³-hybridized carbons (Fsp3) is 0.375. The number of aliphatic hydroxyl groups is 1. The first-order chi connectivity index (χ1) is 9.76. The lowest BCUT2D eigenvalue weighted by molar-refractivity contribution is 0.217. The summed E-state index contributed by atoms with van der Waals surface area (Å²) < 4.78 is 5.55. The molecule has 0 fully saturated rings. The molecular weight excluding hydrogens is 252 g/mol. The van der Waals surface area contributed by atoms with E-state index in [0.717, 1.165) is 29.5 Å². The van der Waals surface area contributed by atoms with Crippen LogP contribution in [0.4, 0.5) is 0 Å². The molecular formula is C16H20N2O2. The molecule has 4 nitrogen and oxygen atoms in total. The van der Waals surface area contributed by atoms with Crippen molar-refractivity contribution < 1.29 is 9.84 Å². The molecule has 2 aromatic rings. The predicted molar refractivity (Wildman–Crippen MR) is 77.7 cm³/mol. The maximum absolute atomic E-state index is 10.5. The van der Waals surface area contributed by atoms with E-state index in [2.05, 4.69) is 16.9 Å².